The van der Waals surface area contributed by atoms with Crippen molar-refractivity contribution in [2.75, 3.05) is 11.2 Å². The summed E-state index contributed by atoms with van der Waals surface area (Å²) in [5.74, 6) is 3.34. The smallest absolute Gasteiger partial charge is 0.242 e. The molecule has 0 radical (unpaired) electrons. The first-order valence-electron chi connectivity index (χ1n) is 16.5. The van der Waals surface area contributed by atoms with Gasteiger partial charge in [0.05, 0.1) is 0 Å². The standard InChI is InChI=1S/C34H51N7OS/c1-18-36-39-29(43)41(18)40-28(42)21-16-30(2,3)15-20-19(21)11-13-33(7)23(20)9-10-25-32(6)17-22-26(37-38-27(22)35)31(4,5)24(32)12-14-34(25,33)8/h9,19-21,24-25H,10-17H2,1-8H3,(H,39,43)(H,40,42)(H3,35,37,38)/t19-,20?,21+,24?,25?,32-,33+,34+/m0/s1. The third-order valence-electron chi connectivity index (χ3n) is 14.1. The number of fused-ring (bicyclic) bond motifs is 8. The van der Waals surface area contributed by atoms with Crippen LogP contribution in [0.1, 0.15) is 110 Å². The van der Waals surface area contributed by atoms with E-state index in [2.05, 4.69) is 80.4 Å². The number of anilines is 1. The highest BCUT2D eigenvalue weighted by Crippen LogP contribution is 2.74. The zero-order valence-electron chi connectivity index (χ0n) is 27.4. The van der Waals surface area contributed by atoms with Crippen LogP contribution in [0.15, 0.2) is 11.6 Å². The van der Waals surface area contributed by atoms with E-state index < -0.39 is 0 Å². The third-order valence-corrected chi connectivity index (χ3v) is 14.4. The van der Waals surface area contributed by atoms with Gasteiger partial charge >= 0.3 is 0 Å². The number of carbonyl (C=O) groups is 1. The average molecular weight is 606 g/mol. The SMILES string of the molecule is Cc1n[nH]c(=S)n1NC(=O)[C@@H]1CC(C)(C)CC2C3=CCC4[C@@]5(C)Cc6c(N)n[nH]c6C(C)(C)C5CC[C@@]4(C)[C@]3(C)CC[C@@H]21. The molecule has 2 aromatic heterocycles. The van der Waals surface area contributed by atoms with Gasteiger partial charge in [-0.1, -0.05) is 60.1 Å². The third kappa shape index (κ3) is 3.84. The number of aromatic nitrogens is 5. The summed E-state index contributed by atoms with van der Waals surface area (Å²) in [5.41, 5.74) is 14.4. The van der Waals surface area contributed by atoms with Crippen molar-refractivity contribution in [3.05, 3.63) is 33.5 Å². The predicted molar refractivity (Wildman–Crippen MR) is 172 cm³/mol. The lowest BCUT2D eigenvalue weighted by atomic mass is 9.34. The summed E-state index contributed by atoms with van der Waals surface area (Å²) in [6, 6.07) is 0. The Bertz CT molecular complexity index is 1580. The molecule has 9 heteroatoms. The number of nitrogens with one attached hydrogen (secondary N) is 3. The highest BCUT2D eigenvalue weighted by atomic mass is 32.1. The summed E-state index contributed by atoms with van der Waals surface area (Å²) in [7, 11) is 0. The molecule has 3 saturated carbocycles. The number of hydrogen-bond donors (Lipinski definition) is 4. The van der Waals surface area contributed by atoms with Gasteiger partial charge in [0.15, 0.2) is 0 Å². The van der Waals surface area contributed by atoms with Gasteiger partial charge in [0.25, 0.3) is 0 Å². The molecule has 1 amide bonds. The van der Waals surface area contributed by atoms with E-state index >= 15 is 0 Å². The lowest BCUT2D eigenvalue weighted by Crippen LogP contribution is -2.64. The normalized spacial score (nSPS) is 40.7. The topological polar surface area (TPSA) is 117 Å². The summed E-state index contributed by atoms with van der Waals surface area (Å²) in [4.78, 5) is 14.0. The summed E-state index contributed by atoms with van der Waals surface area (Å²) < 4.78 is 2.07. The number of aromatic amines is 2. The van der Waals surface area contributed by atoms with Crippen molar-refractivity contribution < 1.29 is 4.79 Å². The number of carbonyl (C=O) groups excluding carboxylic acids is 1. The number of nitrogen functional groups attached to an aromatic ring is 1. The predicted octanol–water partition coefficient (Wildman–Crippen LogP) is 7.00. The van der Waals surface area contributed by atoms with Crippen molar-refractivity contribution in [2.45, 2.75) is 112 Å². The van der Waals surface area contributed by atoms with Gasteiger partial charge in [0.2, 0.25) is 10.7 Å². The van der Waals surface area contributed by atoms with Crippen LogP contribution in [0.25, 0.3) is 0 Å². The molecule has 5 aliphatic rings. The number of allylic oxidation sites excluding steroid dienone is 2. The van der Waals surface area contributed by atoms with Gasteiger partial charge < -0.3 is 5.73 Å². The van der Waals surface area contributed by atoms with Crippen LogP contribution in [0.4, 0.5) is 5.82 Å². The quantitative estimate of drug-likeness (QED) is 0.217. The van der Waals surface area contributed by atoms with Crippen LogP contribution < -0.4 is 11.2 Å². The van der Waals surface area contributed by atoms with Crippen molar-refractivity contribution in [3.8, 4) is 0 Å². The molecule has 3 fully saturated rings. The van der Waals surface area contributed by atoms with Crippen molar-refractivity contribution >= 4 is 23.9 Å². The molecule has 5 aliphatic carbocycles. The Labute approximate surface area is 261 Å². The second-order valence-corrected chi connectivity index (χ2v) is 17.4. The van der Waals surface area contributed by atoms with E-state index in [9.17, 15) is 4.79 Å². The zero-order chi connectivity index (χ0) is 30.9. The lowest BCUT2D eigenvalue weighted by molar-refractivity contribution is -0.156. The number of nitrogens with zero attached hydrogens (tertiary/aromatic N) is 3. The van der Waals surface area contributed by atoms with E-state index in [-0.39, 0.29) is 38.9 Å². The van der Waals surface area contributed by atoms with E-state index in [1.165, 1.54) is 24.1 Å². The van der Waals surface area contributed by atoms with Crippen LogP contribution in [0, 0.1) is 62.9 Å². The van der Waals surface area contributed by atoms with Gasteiger partial charge in [-0.2, -0.15) is 10.2 Å². The summed E-state index contributed by atoms with van der Waals surface area (Å²) in [6.07, 6.45) is 11.6. The number of rotatable bonds is 2. The first-order valence-corrected chi connectivity index (χ1v) is 16.9. The second kappa shape index (κ2) is 9.07. The number of aryl methyl sites for hydroxylation is 1. The number of nitrogens with two attached hydrogens (primary N) is 1. The summed E-state index contributed by atoms with van der Waals surface area (Å²) in [6.45, 7) is 19.2. The van der Waals surface area contributed by atoms with Gasteiger partial charge in [0, 0.05) is 22.6 Å². The Morgan fingerprint density at radius 3 is 2.49 bits per heavy atom. The van der Waals surface area contributed by atoms with E-state index in [0.29, 0.717) is 40.1 Å². The fraction of sp³-hybridized carbons (Fsp3) is 0.765. The molecule has 43 heavy (non-hydrogen) atoms. The average Bonchev–Trinajstić information content (AvgIpc) is 3.44. The fourth-order valence-corrected chi connectivity index (χ4v) is 12.2. The first kappa shape index (κ1) is 29.3. The van der Waals surface area contributed by atoms with E-state index in [1.54, 1.807) is 10.2 Å². The van der Waals surface area contributed by atoms with Crippen molar-refractivity contribution in [1.82, 2.24) is 25.1 Å². The minimum Gasteiger partial charge on any atom is -0.382 e. The van der Waals surface area contributed by atoms with Gasteiger partial charge in [0.1, 0.15) is 11.6 Å². The molecule has 8 nitrogen and oxygen atoms in total. The molecule has 0 bridgehead atoms. The number of hydrogen-bond acceptors (Lipinski definition) is 5. The Morgan fingerprint density at radius 2 is 1.79 bits per heavy atom. The van der Waals surface area contributed by atoms with Crippen LogP contribution in [0.2, 0.25) is 0 Å². The summed E-state index contributed by atoms with van der Waals surface area (Å²) >= 11 is 5.41. The minimum absolute atomic E-state index is 0.0149. The molecule has 0 aliphatic heterocycles. The molecule has 0 saturated heterocycles. The van der Waals surface area contributed by atoms with E-state index in [4.69, 9.17) is 18.0 Å². The first-order chi connectivity index (χ1) is 20.0. The van der Waals surface area contributed by atoms with Crippen LogP contribution in [0.3, 0.4) is 0 Å². The Morgan fingerprint density at radius 1 is 1.05 bits per heavy atom. The Balaban J connectivity index is 1.25. The largest absolute Gasteiger partial charge is 0.382 e. The van der Waals surface area contributed by atoms with Crippen LogP contribution in [-0.4, -0.2) is 31.0 Å². The van der Waals surface area contributed by atoms with E-state index in [1.807, 2.05) is 6.92 Å². The molecule has 2 aromatic rings. The molecular weight excluding hydrogens is 554 g/mol. The maximum Gasteiger partial charge on any atom is 0.242 e. The van der Waals surface area contributed by atoms with Crippen molar-refractivity contribution in [2.24, 2.45) is 51.2 Å². The maximum absolute atomic E-state index is 14.0. The van der Waals surface area contributed by atoms with Crippen LogP contribution >= 0.6 is 12.2 Å². The molecule has 0 aromatic carbocycles. The van der Waals surface area contributed by atoms with Crippen molar-refractivity contribution in [3.63, 3.8) is 0 Å². The van der Waals surface area contributed by atoms with Gasteiger partial charge in [-0.05, 0) is 116 Å². The van der Waals surface area contributed by atoms with Crippen LogP contribution in [-0.2, 0) is 16.6 Å². The molecule has 5 N–H and O–H groups in total. The minimum atomic E-state index is -0.0455. The Kier molecular flexibility index (Phi) is 6.18. The van der Waals surface area contributed by atoms with Gasteiger partial charge in [-0.3, -0.25) is 20.4 Å². The molecule has 8 atom stereocenters. The monoisotopic (exact) mass is 605 g/mol. The van der Waals surface area contributed by atoms with Crippen molar-refractivity contribution in [1.29, 1.82) is 0 Å². The lowest BCUT2D eigenvalue weighted by Gasteiger charge is -2.70. The zero-order valence-corrected chi connectivity index (χ0v) is 28.2. The highest BCUT2D eigenvalue weighted by Gasteiger charge is 2.67. The molecule has 234 valence electrons. The molecule has 7 rings (SSSR count). The van der Waals surface area contributed by atoms with Crippen LogP contribution in [0.5, 0.6) is 0 Å². The summed E-state index contributed by atoms with van der Waals surface area (Å²) in [5, 5.41) is 14.8. The van der Waals surface area contributed by atoms with E-state index in [0.717, 1.165) is 38.5 Å². The Hall–Kier alpha value is -2.42. The maximum atomic E-state index is 14.0. The second-order valence-electron chi connectivity index (χ2n) is 17.0. The molecule has 2 heterocycles. The van der Waals surface area contributed by atoms with Gasteiger partial charge in [-0.25, -0.2) is 4.68 Å². The highest BCUT2D eigenvalue weighted by molar-refractivity contribution is 7.71. The molecular formula is C34H51N7OS. The number of amides is 1. The molecule has 3 unspecified atom stereocenters. The number of H-pyrrole nitrogens is 2. The van der Waals surface area contributed by atoms with Gasteiger partial charge in [-0.15, -0.1) is 0 Å². The fourth-order valence-electron chi connectivity index (χ4n) is 12.0. The molecule has 0 spiro atoms.